The molecule has 0 spiro atoms. The molecule has 1 aromatic rings. The Hall–Kier alpha value is -0.890. The van der Waals surface area contributed by atoms with Crippen LogP contribution >= 0.6 is 11.6 Å². The van der Waals surface area contributed by atoms with Gasteiger partial charge in [-0.1, -0.05) is 38.7 Å². The van der Waals surface area contributed by atoms with Crippen molar-refractivity contribution in [2.45, 2.75) is 44.4 Å². The van der Waals surface area contributed by atoms with Gasteiger partial charge in [0.1, 0.15) is 0 Å². The van der Waals surface area contributed by atoms with Crippen LogP contribution in [0, 0.1) is 0 Å². The third kappa shape index (κ3) is 4.41. The molecule has 0 aliphatic heterocycles. The first kappa shape index (κ1) is 15.2. The Morgan fingerprint density at radius 1 is 1.06 bits per heavy atom. The molecule has 3 heteroatoms. The van der Waals surface area contributed by atoms with E-state index in [0.717, 1.165) is 23.5 Å². The summed E-state index contributed by atoms with van der Waals surface area (Å²) >= 11 is 6.41. The molecule has 0 N–H and O–H groups in total. The largest absolute Gasteiger partial charge is 0.493 e. The Balaban J connectivity index is 2.59. The lowest BCUT2D eigenvalue weighted by Gasteiger charge is -2.13. The summed E-state index contributed by atoms with van der Waals surface area (Å²) in [5.74, 6) is 1.49. The van der Waals surface area contributed by atoms with Crippen molar-refractivity contribution in [3.63, 3.8) is 0 Å². The fourth-order valence-corrected chi connectivity index (χ4v) is 2.25. The summed E-state index contributed by atoms with van der Waals surface area (Å²) in [6.07, 6.45) is 5.99. The number of ether oxygens (including phenoxy) is 2. The molecule has 1 unspecified atom stereocenters. The number of hydrogen-bond donors (Lipinski definition) is 0. The van der Waals surface area contributed by atoms with E-state index in [1.807, 2.05) is 18.2 Å². The van der Waals surface area contributed by atoms with Crippen LogP contribution in [0.1, 0.15) is 50.0 Å². The number of benzene rings is 1. The summed E-state index contributed by atoms with van der Waals surface area (Å²) in [4.78, 5) is 0. The SMILES string of the molecule is CCCCCCC(Cl)c1ccc(OC)c(OC)c1. The third-order valence-corrected chi connectivity index (χ3v) is 3.55. The first-order valence-corrected chi connectivity index (χ1v) is 7.02. The Morgan fingerprint density at radius 2 is 1.78 bits per heavy atom. The summed E-state index contributed by atoms with van der Waals surface area (Å²) in [5.41, 5.74) is 1.10. The molecule has 0 saturated heterocycles. The van der Waals surface area contributed by atoms with Gasteiger partial charge >= 0.3 is 0 Å². The van der Waals surface area contributed by atoms with Crippen molar-refractivity contribution in [3.05, 3.63) is 23.8 Å². The molecule has 18 heavy (non-hydrogen) atoms. The standard InChI is InChI=1S/C15H23ClO2/c1-4-5-6-7-8-13(16)12-9-10-14(17-2)15(11-12)18-3/h9-11,13H,4-8H2,1-3H3. The van der Waals surface area contributed by atoms with E-state index < -0.39 is 0 Å². The molecule has 0 fully saturated rings. The van der Waals surface area contributed by atoms with Gasteiger partial charge in [-0.3, -0.25) is 0 Å². The summed E-state index contributed by atoms with van der Waals surface area (Å²) in [7, 11) is 3.28. The van der Waals surface area contributed by atoms with Gasteiger partial charge in [0, 0.05) is 0 Å². The van der Waals surface area contributed by atoms with E-state index in [-0.39, 0.29) is 5.38 Å². The monoisotopic (exact) mass is 270 g/mol. The summed E-state index contributed by atoms with van der Waals surface area (Å²) in [5, 5.41) is 0.0571. The molecule has 0 aromatic heterocycles. The van der Waals surface area contributed by atoms with E-state index in [0.29, 0.717) is 0 Å². The van der Waals surface area contributed by atoms with E-state index in [1.54, 1.807) is 14.2 Å². The second-order valence-electron chi connectivity index (χ2n) is 4.43. The van der Waals surface area contributed by atoms with Gasteiger partial charge in [-0.05, 0) is 24.1 Å². The number of unbranched alkanes of at least 4 members (excludes halogenated alkanes) is 3. The van der Waals surface area contributed by atoms with Crippen LogP contribution in [0.4, 0.5) is 0 Å². The smallest absolute Gasteiger partial charge is 0.161 e. The van der Waals surface area contributed by atoms with E-state index in [1.165, 1.54) is 25.7 Å². The van der Waals surface area contributed by atoms with Crippen molar-refractivity contribution < 1.29 is 9.47 Å². The average molecular weight is 271 g/mol. The van der Waals surface area contributed by atoms with Gasteiger partial charge in [-0.25, -0.2) is 0 Å². The Labute approximate surface area is 115 Å². The number of alkyl halides is 1. The highest BCUT2D eigenvalue weighted by Gasteiger charge is 2.11. The van der Waals surface area contributed by atoms with Gasteiger partial charge in [-0.2, -0.15) is 0 Å². The lowest BCUT2D eigenvalue weighted by Crippen LogP contribution is -1.95. The van der Waals surface area contributed by atoms with Crippen LogP contribution in [0.5, 0.6) is 11.5 Å². The molecular formula is C15H23ClO2. The number of methoxy groups -OCH3 is 2. The quantitative estimate of drug-likeness (QED) is 0.491. The topological polar surface area (TPSA) is 18.5 Å². The lowest BCUT2D eigenvalue weighted by atomic mass is 10.0. The van der Waals surface area contributed by atoms with E-state index >= 15 is 0 Å². The number of halogens is 1. The van der Waals surface area contributed by atoms with Crippen LogP contribution in [0.15, 0.2) is 18.2 Å². The van der Waals surface area contributed by atoms with E-state index in [4.69, 9.17) is 21.1 Å². The Morgan fingerprint density at radius 3 is 2.39 bits per heavy atom. The van der Waals surface area contributed by atoms with Crippen molar-refractivity contribution in [1.29, 1.82) is 0 Å². The average Bonchev–Trinajstić information content (AvgIpc) is 2.42. The summed E-state index contributed by atoms with van der Waals surface area (Å²) in [6.45, 7) is 2.21. The third-order valence-electron chi connectivity index (χ3n) is 3.08. The first-order valence-electron chi connectivity index (χ1n) is 6.59. The molecule has 1 rings (SSSR count). The summed E-state index contributed by atoms with van der Waals surface area (Å²) in [6, 6.07) is 5.89. The van der Waals surface area contributed by atoms with Crippen LogP contribution in [-0.4, -0.2) is 14.2 Å². The molecule has 0 radical (unpaired) electrons. The van der Waals surface area contributed by atoms with Crippen LogP contribution in [-0.2, 0) is 0 Å². The molecule has 0 saturated carbocycles. The molecule has 0 aliphatic carbocycles. The normalized spacial score (nSPS) is 12.2. The zero-order valence-electron chi connectivity index (χ0n) is 11.5. The molecule has 0 aliphatic rings. The summed E-state index contributed by atoms with van der Waals surface area (Å²) < 4.78 is 10.5. The predicted octanol–water partition coefficient (Wildman–Crippen LogP) is 4.95. The van der Waals surface area contributed by atoms with Crippen LogP contribution in [0.3, 0.4) is 0 Å². The van der Waals surface area contributed by atoms with E-state index in [2.05, 4.69) is 6.92 Å². The number of rotatable bonds is 8. The predicted molar refractivity (Wildman–Crippen MR) is 76.9 cm³/mol. The van der Waals surface area contributed by atoms with Crippen LogP contribution < -0.4 is 9.47 Å². The highest BCUT2D eigenvalue weighted by Crippen LogP contribution is 2.34. The highest BCUT2D eigenvalue weighted by molar-refractivity contribution is 6.20. The Bertz CT molecular complexity index is 352. The van der Waals surface area contributed by atoms with Gasteiger partial charge in [0.05, 0.1) is 19.6 Å². The molecular weight excluding hydrogens is 248 g/mol. The highest BCUT2D eigenvalue weighted by atomic mass is 35.5. The molecule has 1 atom stereocenters. The fraction of sp³-hybridized carbons (Fsp3) is 0.600. The maximum Gasteiger partial charge on any atom is 0.161 e. The minimum Gasteiger partial charge on any atom is -0.493 e. The van der Waals surface area contributed by atoms with Crippen LogP contribution in [0.2, 0.25) is 0 Å². The molecule has 0 bridgehead atoms. The molecule has 0 heterocycles. The van der Waals surface area contributed by atoms with Crippen molar-refractivity contribution in [3.8, 4) is 11.5 Å². The molecule has 2 nitrogen and oxygen atoms in total. The maximum atomic E-state index is 6.41. The van der Waals surface area contributed by atoms with Gasteiger partial charge in [-0.15, -0.1) is 11.6 Å². The van der Waals surface area contributed by atoms with Crippen molar-refractivity contribution in [2.24, 2.45) is 0 Å². The Kier molecular flexibility index (Phi) is 6.96. The zero-order chi connectivity index (χ0) is 13.4. The minimum atomic E-state index is 0.0571. The van der Waals surface area contributed by atoms with E-state index in [9.17, 15) is 0 Å². The number of hydrogen-bond acceptors (Lipinski definition) is 2. The lowest BCUT2D eigenvalue weighted by molar-refractivity contribution is 0.354. The first-order chi connectivity index (χ1) is 8.72. The zero-order valence-corrected chi connectivity index (χ0v) is 12.3. The minimum absolute atomic E-state index is 0.0571. The second-order valence-corrected chi connectivity index (χ2v) is 4.96. The van der Waals surface area contributed by atoms with Gasteiger partial charge in [0.15, 0.2) is 11.5 Å². The van der Waals surface area contributed by atoms with Gasteiger partial charge in [0.25, 0.3) is 0 Å². The van der Waals surface area contributed by atoms with Gasteiger partial charge < -0.3 is 9.47 Å². The van der Waals surface area contributed by atoms with Crippen molar-refractivity contribution in [1.82, 2.24) is 0 Å². The molecule has 0 amide bonds. The van der Waals surface area contributed by atoms with Crippen molar-refractivity contribution >= 4 is 11.6 Å². The molecule has 1 aromatic carbocycles. The van der Waals surface area contributed by atoms with Crippen molar-refractivity contribution in [2.75, 3.05) is 14.2 Å². The molecule has 102 valence electrons. The van der Waals surface area contributed by atoms with Gasteiger partial charge in [0.2, 0.25) is 0 Å². The fourth-order valence-electron chi connectivity index (χ4n) is 1.96. The maximum absolute atomic E-state index is 6.41. The second kappa shape index (κ2) is 8.25. The van der Waals surface area contributed by atoms with Crippen LogP contribution in [0.25, 0.3) is 0 Å².